The van der Waals surface area contributed by atoms with Crippen LogP contribution in [0.5, 0.6) is 0 Å². The number of hydrogen-bond donors (Lipinski definition) is 0. The third kappa shape index (κ3) is 3.56. The van der Waals surface area contributed by atoms with Gasteiger partial charge in [0, 0.05) is 51.1 Å². The Kier molecular flexibility index (Phi) is 4.87. The van der Waals surface area contributed by atoms with Gasteiger partial charge >= 0.3 is 0 Å². The molecule has 1 aromatic rings. The largest absolute Gasteiger partial charge is 0.384 e. The number of methoxy groups -OCH3 is 1. The second kappa shape index (κ2) is 6.66. The molecule has 1 amide bonds. The van der Waals surface area contributed by atoms with Crippen LogP contribution in [0.25, 0.3) is 0 Å². The van der Waals surface area contributed by atoms with Gasteiger partial charge in [0.2, 0.25) is 10.0 Å². The molecule has 2 saturated heterocycles. The maximum atomic E-state index is 12.8. The number of hydrogen-bond acceptors (Lipinski definition) is 5. The van der Waals surface area contributed by atoms with Crippen LogP contribution in [0.2, 0.25) is 0 Å². The quantitative estimate of drug-likeness (QED) is 0.785. The highest BCUT2D eigenvalue weighted by Gasteiger charge is 2.52. The third-order valence-corrected chi connectivity index (χ3v) is 6.63. The molecule has 2 fully saturated rings. The van der Waals surface area contributed by atoms with Gasteiger partial charge in [0.15, 0.2) is 0 Å². The molecule has 0 N–H and O–H groups in total. The van der Waals surface area contributed by atoms with E-state index in [1.165, 1.54) is 10.6 Å². The van der Waals surface area contributed by atoms with Gasteiger partial charge in [-0.15, -0.1) is 0 Å². The molecule has 2 atom stereocenters. The fourth-order valence-electron chi connectivity index (χ4n) is 4.05. The van der Waals surface area contributed by atoms with E-state index in [1.807, 2.05) is 17.9 Å². The molecule has 138 valence electrons. The van der Waals surface area contributed by atoms with Crippen LogP contribution < -0.4 is 0 Å². The van der Waals surface area contributed by atoms with Gasteiger partial charge in [0.25, 0.3) is 5.91 Å². The zero-order chi connectivity index (χ0) is 18.2. The Labute approximate surface area is 149 Å². The lowest BCUT2D eigenvalue weighted by molar-refractivity contribution is 0.00340. The molecule has 0 spiro atoms. The summed E-state index contributed by atoms with van der Waals surface area (Å²) in [4.78, 5) is 18.7. The van der Waals surface area contributed by atoms with E-state index in [0.717, 1.165) is 12.0 Å². The van der Waals surface area contributed by atoms with Crippen LogP contribution in [-0.2, 0) is 14.8 Å². The molecule has 3 heterocycles. The van der Waals surface area contributed by atoms with Gasteiger partial charge in [0.05, 0.1) is 18.4 Å². The number of likely N-dealkylation sites (tertiary alicyclic amines) is 1. The van der Waals surface area contributed by atoms with E-state index in [-0.39, 0.29) is 17.2 Å². The smallest absolute Gasteiger partial charge is 0.255 e. The first-order valence-electron chi connectivity index (χ1n) is 8.40. The number of ether oxygens (including phenoxy) is 1. The maximum Gasteiger partial charge on any atom is 0.255 e. The highest BCUT2D eigenvalue weighted by molar-refractivity contribution is 7.88. The number of aromatic nitrogens is 1. The maximum absolute atomic E-state index is 12.8. The Hall–Kier alpha value is -1.51. The minimum atomic E-state index is -3.25. The molecule has 0 saturated carbocycles. The summed E-state index contributed by atoms with van der Waals surface area (Å²) in [7, 11) is -1.60. The molecule has 25 heavy (non-hydrogen) atoms. The Morgan fingerprint density at radius 2 is 2.16 bits per heavy atom. The van der Waals surface area contributed by atoms with E-state index >= 15 is 0 Å². The van der Waals surface area contributed by atoms with Crippen LogP contribution in [0, 0.1) is 18.3 Å². The van der Waals surface area contributed by atoms with Crippen molar-refractivity contribution in [2.45, 2.75) is 13.3 Å². The first-order valence-corrected chi connectivity index (χ1v) is 10.2. The van der Waals surface area contributed by atoms with Crippen molar-refractivity contribution in [2.75, 3.05) is 46.2 Å². The van der Waals surface area contributed by atoms with Crippen molar-refractivity contribution >= 4 is 15.9 Å². The van der Waals surface area contributed by atoms with E-state index in [2.05, 4.69) is 4.98 Å². The second-order valence-electron chi connectivity index (χ2n) is 7.30. The minimum absolute atomic E-state index is 0.0416. The van der Waals surface area contributed by atoms with Gasteiger partial charge in [0.1, 0.15) is 0 Å². The average molecular weight is 367 g/mol. The predicted molar refractivity (Wildman–Crippen MR) is 93.7 cm³/mol. The molecule has 2 aliphatic heterocycles. The van der Waals surface area contributed by atoms with E-state index in [1.54, 1.807) is 19.5 Å². The van der Waals surface area contributed by atoms with E-state index < -0.39 is 10.0 Å². The first kappa shape index (κ1) is 18.3. The van der Waals surface area contributed by atoms with Crippen molar-refractivity contribution in [3.63, 3.8) is 0 Å². The highest BCUT2D eigenvalue weighted by atomic mass is 32.2. The monoisotopic (exact) mass is 367 g/mol. The molecule has 2 aliphatic rings. The van der Waals surface area contributed by atoms with Crippen LogP contribution >= 0.6 is 0 Å². The van der Waals surface area contributed by atoms with E-state index in [4.69, 9.17) is 4.74 Å². The first-order chi connectivity index (χ1) is 11.7. The molecular formula is C17H25N3O4S. The number of nitrogens with zero attached hydrogens (tertiary/aromatic N) is 3. The molecule has 7 nitrogen and oxygen atoms in total. The summed E-state index contributed by atoms with van der Waals surface area (Å²) in [6.45, 7) is 4.48. The van der Waals surface area contributed by atoms with Crippen LogP contribution in [0.1, 0.15) is 22.3 Å². The van der Waals surface area contributed by atoms with Gasteiger partial charge in [-0.2, -0.15) is 0 Å². The minimum Gasteiger partial charge on any atom is -0.384 e. The summed E-state index contributed by atoms with van der Waals surface area (Å²) in [5, 5.41) is 0. The van der Waals surface area contributed by atoms with Gasteiger partial charge in [-0.1, -0.05) is 0 Å². The van der Waals surface area contributed by atoms with Crippen LogP contribution in [0.4, 0.5) is 0 Å². The molecule has 0 aliphatic carbocycles. The van der Waals surface area contributed by atoms with Crippen molar-refractivity contribution in [3.8, 4) is 0 Å². The fourth-order valence-corrected chi connectivity index (χ4v) is 4.99. The Bertz CT molecular complexity index is 767. The molecule has 0 unspecified atom stereocenters. The van der Waals surface area contributed by atoms with Crippen molar-refractivity contribution in [3.05, 3.63) is 29.6 Å². The molecule has 8 heteroatoms. The van der Waals surface area contributed by atoms with E-state index in [9.17, 15) is 13.2 Å². The second-order valence-corrected chi connectivity index (χ2v) is 9.28. The van der Waals surface area contributed by atoms with E-state index in [0.29, 0.717) is 38.3 Å². The van der Waals surface area contributed by atoms with Crippen LogP contribution in [-0.4, -0.2) is 74.7 Å². The lowest BCUT2D eigenvalue weighted by Crippen LogP contribution is -2.50. The summed E-state index contributed by atoms with van der Waals surface area (Å²) >= 11 is 0. The molecule has 0 aromatic carbocycles. The van der Waals surface area contributed by atoms with Gasteiger partial charge in [-0.05, 0) is 30.9 Å². The Morgan fingerprint density at radius 1 is 1.40 bits per heavy atom. The van der Waals surface area contributed by atoms with Crippen LogP contribution in [0.3, 0.4) is 0 Å². The molecule has 0 radical (unpaired) electrons. The summed E-state index contributed by atoms with van der Waals surface area (Å²) in [5.74, 6) is 0.0395. The SMILES string of the molecule is COC[C@@]12CCN(C(=O)c3cncc(C)c3)C[C@@H]1CN(S(C)(=O)=O)C2. The number of pyridine rings is 1. The van der Waals surface area contributed by atoms with Crippen molar-refractivity contribution < 1.29 is 17.9 Å². The van der Waals surface area contributed by atoms with Crippen molar-refractivity contribution in [1.29, 1.82) is 0 Å². The topological polar surface area (TPSA) is 79.8 Å². The third-order valence-electron chi connectivity index (χ3n) is 5.41. The lowest BCUT2D eigenvalue weighted by Gasteiger charge is -2.43. The zero-order valence-corrected chi connectivity index (χ0v) is 15.8. The summed E-state index contributed by atoms with van der Waals surface area (Å²) in [6.07, 6.45) is 5.29. The molecule has 3 rings (SSSR count). The Morgan fingerprint density at radius 3 is 2.80 bits per heavy atom. The summed E-state index contributed by atoms with van der Waals surface area (Å²) in [6, 6.07) is 1.84. The average Bonchev–Trinajstić information content (AvgIpc) is 2.93. The van der Waals surface area contributed by atoms with Crippen LogP contribution in [0.15, 0.2) is 18.5 Å². The molecular weight excluding hydrogens is 342 g/mol. The number of fused-ring (bicyclic) bond motifs is 1. The molecule has 1 aromatic heterocycles. The van der Waals surface area contributed by atoms with Gasteiger partial charge in [-0.25, -0.2) is 12.7 Å². The number of carbonyl (C=O) groups is 1. The van der Waals surface area contributed by atoms with Gasteiger partial charge < -0.3 is 9.64 Å². The Balaban J connectivity index is 1.80. The fraction of sp³-hybridized carbons (Fsp3) is 0.647. The summed E-state index contributed by atoms with van der Waals surface area (Å²) in [5.41, 5.74) is 1.32. The number of sulfonamides is 1. The van der Waals surface area contributed by atoms with Crippen molar-refractivity contribution in [1.82, 2.24) is 14.2 Å². The highest BCUT2D eigenvalue weighted by Crippen LogP contribution is 2.44. The molecule has 0 bridgehead atoms. The number of rotatable bonds is 4. The number of carbonyl (C=O) groups excluding carboxylic acids is 1. The zero-order valence-electron chi connectivity index (χ0n) is 14.9. The van der Waals surface area contributed by atoms with Crippen molar-refractivity contribution in [2.24, 2.45) is 11.3 Å². The number of piperidine rings is 1. The standard InChI is InChI=1S/C17H25N3O4S/c1-13-6-14(8-18-7-13)16(21)19-5-4-17(12-24-2)11-20(25(3,22)23)10-15(17)9-19/h6-8,15H,4-5,9-12H2,1-3H3/t15-,17+/m1/s1. The van der Waals surface area contributed by atoms with Gasteiger partial charge in [-0.3, -0.25) is 9.78 Å². The lowest BCUT2D eigenvalue weighted by atomic mass is 9.73. The predicted octanol–water partition coefficient (Wildman–Crippen LogP) is 0.760. The normalized spacial score (nSPS) is 27.3. The number of amides is 1. The summed E-state index contributed by atoms with van der Waals surface area (Å²) < 4.78 is 30.9. The number of aryl methyl sites for hydroxylation is 1.